The lowest BCUT2D eigenvalue weighted by molar-refractivity contribution is -0.139. The van der Waals surface area contributed by atoms with Crippen LogP contribution < -0.4 is 0 Å². The molecule has 0 fully saturated rings. The first-order valence-electron chi connectivity index (χ1n) is 6.84. The first-order chi connectivity index (χ1) is 8.81. The van der Waals surface area contributed by atoms with Gasteiger partial charge in [0.2, 0.25) is 0 Å². The first kappa shape index (κ1) is 15.7. The number of nitrogens with zero attached hydrogens (tertiary/aromatic N) is 1. The van der Waals surface area contributed by atoms with E-state index in [1.807, 2.05) is 4.90 Å². The third-order valence-corrected chi connectivity index (χ3v) is 3.50. The normalized spacial score (nSPS) is 13.0. The van der Waals surface area contributed by atoms with E-state index in [1.54, 1.807) is 0 Å². The Morgan fingerprint density at radius 1 is 1.21 bits per heavy atom. The Balaban J connectivity index is 2.93. The number of carbonyl (C=O) groups is 1. The minimum Gasteiger partial charge on any atom is -0.480 e. The van der Waals surface area contributed by atoms with E-state index in [0.717, 1.165) is 6.54 Å². The average Bonchev–Trinajstić information content (AvgIpc) is 2.29. The third-order valence-electron chi connectivity index (χ3n) is 3.50. The molecule has 1 atom stereocenters. The van der Waals surface area contributed by atoms with Gasteiger partial charge < -0.3 is 5.11 Å². The van der Waals surface area contributed by atoms with Crippen LogP contribution in [0.3, 0.4) is 0 Å². The van der Waals surface area contributed by atoms with Gasteiger partial charge in [0, 0.05) is 12.6 Å². The highest BCUT2D eigenvalue weighted by Crippen LogP contribution is 2.23. The Morgan fingerprint density at radius 3 is 2.32 bits per heavy atom. The summed E-state index contributed by atoms with van der Waals surface area (Å²) < 4.78 is 0. The van der Waals surface area contributed by atoms with Crippen molar-refractivity contribution in [2.24, 2.45) is 5.92 Å². The van der Waals surface area contributed by atoms with Crippen molar-refractivity contribution in [3.8, 4) is 0 Å². The molecule has 0 saturated heterocycles. The van der Waals surface area contributed by atoms with Gasteiger partial charge in [-0.2, -0.15) is 0 Å². The Hall–Kier alpha value is -1.35. The molecule has 0 radical (unpaired) electrons. The smallest absolute Gasteiger partial charge is 0.317 e. The van der Waals surface area contributed by atoms with E-state index < -0.39 is 5.97 Å². The molecule has 1 unspecified atom stereocenters. The molecule has 19 heavy (non-hydrogen) atoms. The molecule has 0 aliphatic rings. The summed E-state index contributed by atoms with van der Waals surface area (Å²) >= 11 is 0. The molecule has 0 spiro atoms. The highest BCUT2D eigenvalue weighted by Gasteiger charge is 2.19. The third kappa shape index (κ3) is 4.67. The zero-order valence-electron chi connectivity index (χ0n) is 12.6. The number of carboxylic acid groups (broad SMARTS) is 1. The second kappa shape index (κ2) is 6.71. The van der Waals surface area contributed by atoms with Crippen molar-refractivity contribution in [1.82, 2.24) is 4.90 Å². The second-order valence-electron chi connectivity index (χ2n) is 5.74. The molecule has 0 aliphatic heterocycles. The van der Waals surface area contributed by atoms with Crippen molar-refractivity contribution < 1.29 is 9.90 Å². The number of aryl methyl sites for hydroxylation is 2. The van der Waals surface area contributed by atoms with Gasteiger partial charge in [-0.15, -0.1) is 0 Å². The van der Waals surface area contributed by atoms with Gasteiger partial charge >= 0.3 is 5.97 Å². The molecule has 1 rings (SSSR count). The van der Waals surface area contributed by atoms with Crippen LogP contribution in [0, 0.1) is 19.8 Å². The summed E-state index contributed by atoms with van der Waals surface area (Å²) in [4.78, 5) is 13.0. The molecule has 0 amide bonds. The molecule has 0 aliphatic carbocycles. The molecule has 106 valence electrons. The van der Waals surface area contributed by atoms with Gasteiger partial charge in [-0.05, 0) is 43.4 Å². The zero-order chi connectivity index (χ0) is 14.6. The standard InChI is InChI=1S/C16H25NO2/c1-11(2)9-17(10-16(18)19)14(5)15-7-6-12(3)13(4)8-15/h6-8,11,14H,9-10H2,1-5H3,(H,18,19). The number of benzene rings is 1. The van der Waals surface area contributed by atoms with E-state index in [0.29, 0.717) is 5.92 Å². The quantitative estimate of drug-likeness (QED) is 0.855. The van der Waals surface area contributed by atoms with Crippen molar-refractivity contribution in [3.63, 3.8) is 0 Å². The predicted molar refractivity (Wildman–Crippen MR) is 78.4 cm³/mol. The first-order valence-corrected chi connectivity index (χ1v) is 6.84. The molecule has 3 heteroatoms. The fraction of sp³-hybridized carbons (Fsp3) is 0.562. The molecular formula is C16H25NO2. The number of carboxylic acids is 1. The van der Waals surface area contributed by atoms with Crippen LogP contribution in [0.2, 0.25) is 0 Å². The molecule has 3 nitrogen and oxygen atoms in total. The van der Waals surface area contributed by atoms with Crippen molar-refractivity contribution >= 4 is 5.97 Å². The number of rotatable bonds is 6. The van der Waals surface area contributed by atoms with Crippen molar-refractivity contribution in [3.05, 3.63) is 34.9 Å². The Bertz CT molecular complexity index is 440. The van der Waals surface area contributed by atoms with Crippen LogP contribution in [0.25, 0.3) is 0 Å². The van der Waals surface area contributed by atoms with Gasteiger partial charge in [0.05, 0.1) is 6.54 Å². The van der Waals surface area contributed by atoms with Gasteiger partial charge in [-0.25, -0.2) is 0 Å². The predicted octanol–water partition coefficient (Wildman–Crippen LogP) is 3.41. The summed E-state index contributed by atoms with van der Waals surface area (Å²) in [7, 11) is 0. The molecule has 0 heterocycles. The van der Waals surface area contributed by atoms with E-state index in [4.69, 9.17) is 5.11 Å². The summed E-state index contributed by atoms with van der Waals surface area (Å²) in [6.07, 6.45) is 0. The molecule has 1 aromatic rings. The van der Waals surface area contributed by atoms with Gasteiger partial charge in [0.15, 0.2) is 0 Å². The van der Waals surface area contributed by atoms with E-state index in [2.05, 4.69) is 52.8 Å². The zero-order valence-corrected chi connectivity index (χ0v) is 12.6. The molecule has 1 aromatic carbocycles. The lowest BCUT2D eigenvalue weighted by atomic mass is 10.0. The summed E-state index contributed by atoms with van der Waals surface area (Å²) in [5, 5.41) is 9.05. The van der Waals surface area contributed by atoms with Crippen molar-refractivity contribution in [2.45, 2.75) is 40.7 Å². The summed E-state index contributed by atoms with van der Waals surface area (Å²) in [6.45, 7) is 11.4. The van der Waals surface area contributed by atoms with E-state index in [9.17, 15) is 4.79 Å². The van der Waals surface area contributed by atoms with Crippen LogP contribution >= 0.6 is 0 Å². The molecule has 0 aromatic heterocycles. The van der Waals surface area contributed by atoms with Gasteiger partial charge in [-0.1, -0.05) is 32.0 Å². The maximum absolute atomic E-state index is 11.0. The van der Waals surface area contributed by atoms with Gasteiger partial charge in [0.1, 0.15) is 0 Å². The van der Waals surface area contributed by atoms with Crippen LogP contribution in [0.4, 0.5) is 0 Å². The van der Waals surface area contributed by atoms with Gasteiger partial charge in [-0.3, -0.25) is 9.69 Å². The number of hydrogen-bond donors (Lipinski definition) is 1. The minimum atomic E-state index is -0.767. The molecular weight excluding hydrogens is 238 g/mol. The highest BCUT2D eigenvalue weighted by molar-refractivity contribution is 5.69. The van der Waals surface area contributed by atoms with E-state index >= 15 is 0 Å². The number of hydrogen-bond acceptors (Lipinski definition) is 2. The summed E-state index contributed by atoms with van der Waals surface area (Å²) in [5.74, 6) is -0.315. The fourth-order valence-electron chi connectivity index (χ4n) is 2.24. The largest absolute Gasteiger partial charge is 0.480 e. The summed E-state index contributed by atoms with van der Waals surface area (Å²) in [5.41, 5.74) is 3.71. The van der Waals surface area contributed by atoms with Crippen LogP contribution in [0.1, 0.15) is 43.5 Å². The lowest BCUT2D eigenvalue weighted by Gasteiger charge is -2.29. The Morgan fingerprint density at radius 2 is 1.84 bits per heavy atom. The van der Waals surface area contributed by atoms with E-state index in [1.165, 1.54) is 16.7 Å². The van der Waals surface area contributed by atoms with Crippen LogP contribution in [0.15, 0.2) is 18.2 Å². The number of aliphatic carboxylic acids is 1. The van der Waals surface area contributed by atoms with Crippen LogP contribution in [-0.2, 0) is 4.79 Å². The topological polar surface area (TPSA) is 40.5 Å². The molecule has 0 bridgehead atoms. The maximum atomic E-state index is 11.0. The monoisotopic (exact) mass is 263 g/mol. The lowest BCUT2D eigenvalue weighted by Crippen LogP contribution is -2.35. The van der Waals surface area contributed by atoms with Gasteiger partial charge in [0.25, 0.3) is 0 Å². The second-order valence-corrected chi connectivity index (χ2v) is 5.74. The van der Waals surface area contributed by atoms with Crippen molar-refractivity contribution in [2.75, 3.05) is 13.1 Å². The van der Waals surface area contributed by atoms with Crippen LogP contribution in [0.5, 0.6) is 0 Å². The highest BCUT2D eigenvalue weighted by atomic mass is 16.4. The van der Waals surface area contributed by atoms with Crippen molar-refractivity contribution in [1.29, 1.82) is 0 Å². The van der Waals surface area contributed by atoms with E-state index in [-0.39, 0.29) is 12.6 Å². The summed E-state index contributed by atoms with van der Waals surface area (Å²) in [6, 6.07) is 6.49. The average molecular weight is 263 g/mol. The van der Waals surface area contributed by atoms with Crippen LogP contribution in [-0.4, -0.2) is 29.1 Å². The Labute approximate surface area is 116 Å². The SMILES string of the molecule is Cc1ccc(C(C)N(CC(=O)O)CC(C)C)cc1C. The molecule has 0 saturated carbocycles. The Kier molecular flexibility index (Phi) is 5.55. The maximum Gasteiger partial charge on any atom is 0.317 e. The minimum absolute atomic E-state index is 0.0896. The molecule has 1 N–H and O–H groups in total. The fourth-order valence-corrected chi connectivity index (χ4v) is 2.24.